The quantitative estimate of drug-likeness (QED) is 0.816. The van der Waals surface area contributed by atoms with E-state index in [1.54, 1.807) is 11.0 Å². The lowest BCUT2D eigenvalue weighted by atomic mass is 10.2. The van der Waals surface area contributed by atoms with Gasteiger partial charge in [0.15, 0.2) is 0 Å². The molecule has 2 rings (SSSR count). The van der Waals surface area contributed by atoms with Crippen molar-refractivity contribution in [3.8, 4) is 6.07 Å². The minimum Gasteiger partial charge on any atom is -0.339 e. The highest BCUT2D eigenvalue weighted by Gasteiger charge is 2.26. The van der Waals surface area contributed by atoms with Crippen LogP contribution in [0.4, 0.5) is 4.39 Å². The number of piperazine rings is 1. The lowest BCUT2D eigenvalue weighted by Gasteiger charge is -2.29. The Morgan fingerprint density at radius 3 is 2.70 bits per heavy atom. The second-order valence-corrected chi connectivity index (χ2v) is 7.19. The van der Waals surface area contributed by atoms with Crippen LogP contribution in [0.1, 0.15) is 5.56 Å². The Bertz CT molecular complexity index is 739. The van der Waals surface area contributed by atoms with E-state index >= 15 is 0 Å². The summed E-state index contributed by atoms with van der Waals surface area (Å²) in [6, 6.07) is 4.58. The minimum absolute atomic E-state index is 0.217. The topological polar surface area (TPSA) is 93.5 Å². The van der Waals surface area contributed by atoms with Gasteiger partial charge in [0.25, 0.3) is 0 Å². The summed E-state index contributed by atoms with van der Waals surface area (Å²) in [4.78, 5) is 13.5. The standard InChI is InChI=1S/C14H17FN4O3S/c1-18(10-14(20)19-6-4-17-5-7-19)23(21,22)12-2-3-13(15)11(8-12)9-16/h2-3,8,17H,4-7,10H2,1H3. The van der Waals surface area contributed by atoms with Crippen LogP contribution >= 0.6 is 0 Å². The highest BCUT2D eigenvalue weighted by molar-refractivity contribution is 7.89. The average molecular weight is 340 g/mol. The number of carbonyl (C=O) groups excluding carboxylic acids is 1. The predicted molar refractivity (Wildman–Crippen MR) is 80.4 cm³/mol. The molecule has 9 heteroatoms. The molecule has 23 heavy (non-hydrogen) atoms. The summed E-state index contributed by atoms with van der Waals surface area (Å²) in [5.74, 6) is -1.08. The van der Waals surface area contributed by atoms with Gasteiger partial charge in [-0.2, -0.15) is 9.57 Å². The van der Waals surface area contributed by atoms with Gasteiger partial charge in [-0.15, -0.1) is 0 Å². The molecular weight excluding hydrogens is 323 g/mol. The van der Waals surface area contributed by atoms with E-state index in [-0.39, 0.29) is 22.9 Å². The Labute approximate surface area is 134 Å². The number of carbonyl (C=O) groups is 1. The molecular formula is C14H17FN4O3S. The van der Waals surface area contributed by atoms with Crippen molar-refractivity contribution in [2.75, 3.05) is 39.8 Å². The van der Waals surface area contributed by atoms with Crippen LogP contribution in [0.3, 0.4) is 0 Å². The maximum absolute atomic E-state index is 13.3. The van der Waals surface area contributed by atoms with E-state index < -0.39 is 15.8 Å². The lowest BCUT2D eigenvalue weighted by Crippen LogP contribution is -2.49. The van der Waals surface area contributed by atoms with Crippen molar-refractivity contribution in [1.29, 1.82) is 5.26 Å². The zero-order chi connectivity index (χ0) is 17.0. The lowest BCUT2D eigenvalue weighted by molar-refractivity contribution is -0.131. The van der Waals surface area contributed by atoms with Gasteiger partial charge in [-0.05, 0) is 18.2 Å². The molecule has 0 radical (unpaired) electrons. The molecule has 1 aromatic carbocycles. The minimum atomic E-state index is -3.97. The number of benzene rings is 1. The molecule has 1 aliphatic rings. The second kappa shape index (κ2) is 7.04. The molecule has 1 fully saturated rings. The molecule has 1 aromatic rings. The Morgan fingerprint density at radius 2 is 2.09 bits per heavy atom. The Kier molecular flexibility index (Phi) is 5.30. The first-order valence-corrected chi connectivity index (χ1v) is 8.45. The number of hydrogen-bond acceptors (Lipinski definition) is 5. The number of hydrogen-bond donors (Lipinski definition) is 1. The van der Waals surface area contributed by atoms with Crippen molar-refractivity contribution in [3.05, 3.63) is 29.6 Å². The van der Waals surface area contributed by atoms with Crippen LogP contribution in [-0.4, -0.2) is 63.3 Å². The number of sulfonamides is 1. The molecule has 0 spiro atoms. The summed E-state index contributed by atoms with van der Waals surface area (Å²) < 4.78 is 39.1. The number of nitriles is 1. The van der Waals surface area contributed by atoms with E-state index in [2.05, 4.69) is 5.32 Å². The number of likely N-dealkylation sites (N-methyl/N-ethyl adjacent to an activating group) is 1. The zero-order valence-corrected chi connectivity index (χ0v) is 13.4. The molecule has 0 atom stereocenters. The maximum atomic E-state index is 13.3. The maximum Gasteiger partial charge on any atom is 0.243 e. The molecule has 124 valence electrons. The normalized spacial score (nSPS) is 15.5. The predicted octanol–water partition coefficient (Wildman–Crippen LogP) is -0.250. The summed E-state index contributed by atoms with van der Waals surface area (Å²) in [5, 5.41) is 11.9. The fraction of sp³-hybridized carbons (Fsp3) is 0.429. The van der Waals surface area contributed by atoms with Crippen LogP contribution in [0, 0.1) is 17.1 Å². The molecule has 0 aliphatic carbocycles. The van der Waals surface area contributed by atoms with E-state index in [4.69, 9.17) is 5.26 Å². The van der Waals surface area contributed by atoms with Crippen LogP contribution in [0.25, 0.3) is 0 Å². The molecule has 7 nitrogen and oxygen atoms in total. The van der Waals surface area contributed by atoms with Crippen molar-refractivity contribution in [3.63, 3.8) is 0 Å². The first-order chi connectivity index (χ1) is 10.9. The fourth-order valence-electron chi connectivity index (χ4n) is 2.22. The van der Waals surface area contributed by atoms with Gasteiger partial charge in [-0.25, -0.2) is 12.8 Å². The molecule has 0 bridgehead atoms. The van der Waals surface area contributed by atoms with Gasteiger partial charge >= 0.3 is 0 Å². The first kappa shape index (κ1) is 17.3. The number of nitrogens with one attached hydrogen (secondary N) is 1. The average Bonchev–Trinajstić information content (AvgIpc) is 2.55. The van der Waals surface area contributed by atoms with E-state index in [0.717, 1.165) is 22.5 Å². The van der Waals surface area contributed by atoms with Crippen LogP contribution in [0.5, 0.6) is 0 Å². The van der Waals surface area contributed by atoms with Crippen molar-refractivity contribution in [2.45, 2.75) is 4.90 Å². The van der Waals surface area contributed by atoms with Crippen molar-refractivity contribution in [2.24, 2.45) is 0 Å². The fourth-order valence-corrected chi connectivity index (χ4v) is 3.37. The van der Waals surface area contributed by atoms with Crippen molar-refractivity contribution in [1.82, 2.24) is 14.5 Å². The van der Waals surface area contributed by atoms with Crippen molar-refractivity contribution >= 4 is 15.9 Å². The first-order valence-electron chi connectivity index (χ1n) is 7.00. The van der Waals surface area contributed by atoms with Gasteiger partial charge in [-0.1, -0.05) is 0 Å². The monoisotopic (exact) mass is 340 g/mol. The molecule has 1 saturated heterocycles. The van der Waals surface area contributed by atoms with Gasteiger partial charge < -0.3 is 10.2 Å². The van der Waals surface area contributed by atoms with Gasteiger partial charge in [-0.3, -0.25) is 4.79 Å². The summed E-state index contributed by atoms with van der Waals surface area (Å²) in [6.07, 6.45) is 0. The zero-order valence-electron chi connectivity index (χ0n) is 12.6. The Hall–Kier alpha value is -2.02. The molecule has 1 N–H and O–H groups in total. The Balaban J connectivity index is 2.15. The molecule has 1 heterocycles. The van der Waals surface area contributed by atoms with Gasteiger partial charge in [0, 0.05) is 33.2 Å². The molecule has 0 aromatic heterocycles. The second-order valence-electron chi connectivity index (χ2n) is 5.15. The summed E-state index contributed by atoms with van der Waals surface area (Å²) in [6.45, 7) is 2.10. The molecule has 0 unspecified atom stereocenters. The smallest absolute Gasteiger partial charge is 0.243 e. The van der Waals surface area contributed by atoms with Crippen LogP contribution in [0.15, 0.2) is 23.1 Å². The third-order valence-corrected chi connectivity index (χ3v) is 5.39. The Morgan fingerprint density at radius 1 is 1.43 bits per heavy atom. The number of nitrogens with zero attached hydrogens (tertiary/aromatic N) is 3. The summed E-state index contributed by atoms with van der Waals surface area (Å²) in [5.41, 5.74) is -0.354. The van der Waals surface area contributed by atoms with Gasteiger partial charge in [0.1, 0.15) is 11.9 Å². The van der Waals surface area contributed by atoms with Crippen LogP contribution in [0.2, 0.25) is 0 Å². The van der Waals surface area contributed by atoms with E-state index in [1.807, 2.05) is 0 Å². The highest BCUT2D eigenvalue weighted by Crippen LogP contribution is 2.18. The SMILES string of the molecule is CN(CC(=O)N1CCNCC1)S(=O)(=O)c1ccc(F)c(C#N)c1. The van der Waals surface area contributed by atoms with E-state index in [1.165, 1.54) is 7.05 Å². The van der Waals surface area contributed by atoms with Crippen LogP contribution in [-0.2, 0) is 14.8 Å². The van der Waals surface area contributed by atoms with Crippen LogP contribution < -0.4 is 5.32 Å². The van der Waals surface area contributed by atoms with Crippen molar-refractivity contribution < 1.29 is 17.6 Å². The number of amides is 1. The van der Waals surface area contributed by atoms with Gasteiger partial charge in [0.2, 0.25) is 15.9 Å². The summed E-state index contributed by atoms with van der Waals surface area (Å²) >= 11 is 0. The van der Waals surface area contributed by atoms with E-state index in [9.17, 15) is 17.6 Å². The number of halogens is 1. The highest BCUT2D eigenvalue weighted by atomic mass is 32.2. The third kappa shape index (κ3) is 3.85. The largest absolute Gasteiger partial charge is 0.339 e. The third-order valence-electron chi connectivity index (χ3n) is 3.59. The molecule has 1 amide bonds. The molecule has 1 aliphatic heterocycles. The number of rotatable bonds is 4. The van der Waals surface area contributed by atoms with Gasteiger partial charge in [0.05, 0.1) is 17.0 Å². The molecule has 0 saturated carbocycles. The van der Waals surface area contributed by atoms with E-state index in [0.29, 0.717) is 26.2 Å². The summed E-state index contributed by atoms with van der Waals surface area (Å²) in [7, 11) is -2.69.